The molecular formula is C20H29NO5S. The van der Waals surface area contributed by atoms with Gasteiger partial charge in [-0.2, -0.15) is 0 Å². The van der Waals surface area contributed by atoms with Crippen LogP contribution in [0.5, 0.6) is 11.5 Å². The quantitative estimate of drug-likeness (QED) is 0.766. The van der Waals surface area contributed by atoms with Crippen molar-refractivity contribution in [3.63, 3.8) is 0 Å². The van der Waals surface area contributed by atoms with E-state index in [9.17, 15) is 13.2 Å². The summed E-state index contributed by atoms with van der Waals surface area (Å²) in [5, 5.41) is 0. The summed E-state index contributed by atoms with van der Waals surface area (Å²) >= 11 is 0. The highest BCUT2D eigenvalue weighted by molar-refractivity contribution is 7.90. The molecule has 0 bridgehead atoms. The first-order valence-corrected chi connectivity index (χ1v) is 11.5. The topological polar surface area (TPSA) is 72.9 Å². The Morgan fingerprint density at radius 1 is 1.11 bits per heavy atom. The standard InChI is InChI=1S/C20H29NO5S/c1-25-17-11-15-13-21(19(22)7-10-27(3,23)24)14-20(8-5-4-6-9-20)16(15)12-18(17)26-2/h11-12H,4-10,13-14H2,1-3H3. The van der Waals surface area contributed by atoms with Gasteiger partial charge < -0.3 is 14.4 Å². The smallest absolute Gasteiger partial charge is 0.223 e. The van der Waals surface area contributed by atoms with Gasteiger partial charge in [-0.15, -0.1) is 0 Å². The van der Waals surface area contributed by atoms with Gasteiger partial charge in [0.05, 0.1) is 20.0 Å². The fourth-order valence-electron chi connectivity index (χ4n) is 4.52. The van der Waals surface area contributed by atoms with Gasteiger partial charge in [0.15, 0.2) is 11.5 Å². The Hall–Kier alpha value is -1.76. The van der Waals surface area contributed by atoms with Crippen LogP contribution in [0.2, 0.25) is 0 Å². The molecule has 27 heavy (non-hydrogen) atoms. The number of rotatable bonds is 5. The van der Waals surface area contributed by atoms with E-state index in [0.29, 0.717) is 18.8 Å². The molecule has 1 fully saturated rings. The van der Waals surface area contributed by atoms with Crippen LogP contribution in [0.15, 0.2) is 12.1 Å². The van der Waals surface area contributed by atoms with Crippen LogP contribution in [-0.4, -0.2) is 52.0 Å². The highest BCUT2D eigenvalue weighted by Crippen LogP contribution is 2.47. The first-order valence-electron chi connectivity index (χ1n) is 9.49. The Morgan fingerprint density at radius 2 is 1.74 bits per heavy atom. The fourth-order valence-corrected chi connectivity index (χ4v) is 5.07. The molecule has 1 aromatic rings. The average molecular weight is 396 g/mol. The Balaban J connectivity index is 1.96. The lowest BCUT2D eigenvalue weighted by atomic mass is 9.66. The molecular weight excluding hydrogens is 366 g/mol. The van der Waals surface area contributed by atoms with Crippen molar-refractivity contribution < 1.29 is 22.7 Å². The van der Waals surface area contributed by atoms with E-state index < -0.39 is 9.84 Å². The van der Waals surface area contributed by atoms with Crippen LogP contribution in [0, 0.1) is 0 Å². The van der Waals surface area contributed by atoms with Crippen LogP contribution < -0.4 is 9.47 Å². The Labute approximate surface area is 161 Å². The molecule has 0 unspecified atom stereocenters. The number of benzene rings is 1. The van der Waals surface area contributed by atoms with Crippen molar-refractivity contribution >= 4 is 15.7 Å². The van der Waals surface area contributed by atoms with Crippen LogP contribution >= 0.6 is 0 Å². The van der Waals surface area contributed by atoms with Crippen LogP contribution in [0.25, 0.3) is 0 Å². The number of fused-ring (bicyclic) bond motifs is 2. The molecule has 6 nitrogen and oxygen atoms in total. The van der Waals surface area contributed by atoms with Gasteiger partial charge in [-0.3, -0.25) is 4.79 Å². The van der Waals surface area contributed by atoms with Crippen molar-refractivity contribution in [2.75, 3.05) is 32.8 Å². The number of carbonyl (C=O) groups is 1. The van der Waals surface area contributed by atoms with E-state index in [2.05, 4.69) is 6.07 Å². The lowest BCUT2D eigenvalue weighted by Gasteiger charge is -2.47. The minimum absolute atomic E-state index is 0.0392. The number of methoxy groups -OCH3 is 2. The molecule has 2 aliphatic rings. The summed E-state index contributed by atoms with van der Waals surface area (Å²) in [6.07, 6.45) is 6.77. The van der Waals surface area contributed by atoms with Gasteiger partial charge >= 0.3 is 0 Å². The van der Waals surface area contributed by atoms with E-state index in [0.717, 1.165) is 37.0 Å². The number of carbonyl (C=O) groups excluding carboxylic acids is 1. The van der Waals surface area contributed by atoms with Gasteiger partial charge in [-0.25, -0.2) is 8.42 Å². The van der Waals surface area contributed by atoms with Crippen LogP contribution in [0.4, 0.5) is 0 Å². The van der Waals surface area contributed by atoms with Crippen molar-refractivity contribution in [1.29, 1.82) is 0 Å². The number of hydrogen-bond donors (Lipinski definition) is 0. The molecule has 1 saturated carbocycles. The van der Waals surface area contributed by atoms with Crippen LogP contribution in [-0.2, 0) is 26.6 Å². The third-order valence-corrected chi connectivity index (χ3v) is 6.83. The van der Waals surface area contributed by atoms with Gasteiger partial charge in [-0.05, 0) is 36.1 Å². The lowest BCUT2D eigenvalue weighted by Crippen LogP contribution is -2.49. The van der Waals surface area contributed by atoms with E-state index in [1.807, 2.05) is 11.0 Å². The molecule has 150 valence electrons. The maximum Gasteiger partial charge on any atom is 0.223 e. The fraction of sp³-hybridized carbons (Fsp3) is 0.650. The maximum atomic E-state index is 12.8. The van der Waals surface area contributed by atoms with Crippen molar-refractivity contribution in [2.45, 2.75) is 50.5 Å². The van der Waals surface area contributed by atoms with E-state index in [1.165, 1.54) is 18.2 Å². The van der Waals surface area contributed by atoms with Gasteiger partial charge in [-0.1, -0.05) is 19.3 Å². The number of sulfone groups is 1. The molecule has 1 aliphatic carbocycles. The molecule has 0 N–H and O–H groups in total. The number of hydrogen-bond acceptors (Lipinski definition) is 5. The van der Waals surface area contributed by atoms with Crippen LogP contribution in [0.3, 0.4) is 0 Å². The summed E-state index contributed by atoms with van der Waals surface area (Å²) < 4.78 is 33.9. The van der Waals surface area contributed by atoms with E-state index >= 15 is 0 Å². The Kier molecular flexibility index (Phi) is 5.70. The number of ether oxygens (including phenoxy) is 2. The summed E-state index contributed by atoms with van der Waals surface area (Å²) in [5.74, 6) is 1.19. The first kappa shape index (κ1) is 20.0. The Morgan fingerprint density at radius 3 is 2.33 bits per heavy atom. The second-order valence-electron chi connectivity index (χ2n) is 7.84. The molecule has 7 heteroatoms. The monoisotopic (exact) mass is 395 g/mol. The van der Waals surface area contributed by atoms with Gasteiger partial charge in [0.2, 0.25) is 5.91 Å². The molecule has 1 amide bonds. The second-order valence-corrected chi connectivity index (χ2v) is 10.1. The van der Waals surface area contributed by atoms with Gasteiger partial charge in [0.25, 0.3) is 0 Å². The predicted molar refractivity (Wildman–Crippen MR) is 104 cm³/mol. The zero-order valence-corrected chi connectivity index (χ0v) is 17.2. The molecule has 1 aromatic carbocycles. The molecule has 0 radical (unpaired) electrons. The maximum absolute atomic E-state index is 12.8. The number of amides is 1. The highest BCUT2D eigenvalue weighted by atomic mass is 32.2. The van der Waals surface area contributed by atoms with E-state index in [4.69, 9.17) is 9.47 Å². The predicted octanol–water partition coefficient (Wildman–Crippen LogP) is 2.68. The third kappa shape index (κ3) is 4.23. The van der Waals surface area contributed by atoms with E-state index in [-0.39, 0.29) is 23.5 Å². The van der Waals surface area contributed by atoms with E-state index in [1.54, 1.807) is 14.2 Å². The molecule has 0 aromatic heterocycles. The van der Waals surface area contributed by atoms with Gasteiger partial charge in [0.1, 0.15) is 9.84 Å². The summed E-state index contributed by atoms with van der Waals surface area (Å²) in [5.41, 5.74) is 2.26. The van der Waals surface area contributed by atoms with Gasteiger partial charge in [0, 0.05) is 31.2 Å². The van der Waals surface area contributed by atoms with Crippen molar-refractivity contribution in [1.82, 2.24) is 4.90 Å². The molecule has 0 saturated heterocycles. The molecule has 0 atom stereocenters. The van der Waals surface area contributed by atoms with Crippen molar-refractivity contribution in [3.8, 4) is 11.5 Å². The highest BCUT2D eigenvalue weighted by Gasteiger charge is 2.42. The summed E-state index contributed by atoms with van der Waals surface area (Å²) in [6.45, 7) is 1.14. The van der Waals surface area contributed by atoms with Crippen LogP contribution in [0.1, 0.15) is 49.7 Å². The normalized spacial score (nSPS) is 18.9. The molecule has 1 spiro atoms. The van der Waals surface area contributed by atoms with Crippen molar-refractivity contribution in [2.24, 2.45) is 0 Å². The zero-order chi connectivity index (χ0) is 19.7. The van der Waals surface area contributed by atoms with Crippen molar-refractivity contribution in [3.05, 3.63) is 23.3 Å². The summed E-state index contributed by atoms with van der Waals surface area (Å²) in [6, 6.07) is 4.05. The molecule has 1 heterocycles. The molecule has 3 rings (SSSR count). The summed E-state index contributed by atoms with van der Waals surface area (Å²) in [7, 11) is 0.0947. The third-order valence-electron chi connectivity index (χ3n) is 5.89. The summed E-state index contributed by atoms with van der Waals surface area (Å²) in [4.78, 5) is 14.6. The minimum atomic E-state index is -3.16. The minimum Gasteiger partial charge on any atom is -0.493 e. The lowest BCUT2D eigenvalue weighted by molar-refractivity contribution is -0.133. The first-order chi connectivity index (χ1) is 12.8. The zero-order valence-electron chi connectivity index (χ0n) is 16.4. The average Bonchev–Trinajstić information content (AvgIpc) is 2.65. The largest absolute Gasteiger partial charge is 0.493 e. The second kappa shape index (κ2) is 7.70. The molecule has 1 aliphatic heterocycles. The number of nitrogens with zero attached hydrogens (tertiary/aromatic N) is 1. The SMILES string of the molecule is COc1cc2c(cc1OC)C1(CCCCC1)CN(C(=O)CCS(C)(=O)=O)C2. The Bertz CT molecular complexity index is 812.